The molecule has 0 aromatic heterocycles. The molecular formula is C29H50O10Si8. The van der Waals surface area contributed by atoms with E-state index in [9.17, 15) is 0 Å². The molecule has 0 bridgehead atoms. The van der Waals surface area contributed by atoms with Crippen molar-refractivity contribution in [2.45, 2.75) is 96.6 Å². The van der Waals surface area contributed by atoms with Crippen LogP contribution in [0.3, 0.4) is 0 Å². The van der Waals surface area contributed by atoms with Crippen LogP contribution in [0.4, 0.5) is 0 Å². The van der Waals surface area contributed by atoms with E-state index in [4.69, 9.17) is 42.4 Å². The van der Waals surface area contributed by atoms with Crippen LogP contribution in [-0.4, -0.2) is 86.0 Å². The van der Waals surface area contributed by atoms with Gasteiger partial charge in [-0.3, -0.25) is 0 Å². The molecule has 258 valence electrons. The number of benzene rings is 2. The minimum Gasteiger partial charge on any atom is -0.494 e. The summed E-state index contributed by atoms with van der Waals surface area (Å²) in [5.41, 5.74) is 2.26. The predicted octanol–water partition coefficient (Wildman–Crippen LogP) is 6.56. The molecule has 0 saturated carbocycles. The van der Waals surface area contributed by atoms with E-state index < -0.39 is 72.8 Å². The summed E-state index contributed by atoms with van der Waals surface area (Å²) in [4.78, 5) is 0. The molecule has 4 rings (SSSR count). The van der Waals surface area contributed by atoms with Crippen molar-refractivity contribution < 1.29 is 42.4 Å². The minimum absolute atomic E-state index is 0.178. The Morgan fingerprint density at radius 3 is 1.11 bits per heavy atom. The third kappa shape index (κ3) is 12.3. The highest BCUT2D eigenvalue weighted by Crippen LogP contribution is 2.34. The highest BCUT2D eigenvalue weighted by atomic mass is 28.5. The Bertz CT molecular complexity index is 1120. The topological polar surface area (TPSA) is 92.3 Å². The van der Waals surface area contributed by atoms with Crippen LogP contribution in [0.15, 0.2) is 48.5 Å². The van der Waals surface area contributed by atoms with Gasteiger partial charge in [-0.15, -0.1) is 0 Å². The maximum atomic E-state index is 6.33. The molecule has 2 aromatic rings. The number of rotatable bonds is 12. The van der Waals surface area contributed by atoms with Gasteiger partial charge in [0.15, 0.2) is 0 Å². The molecule has 18 heteroatoms. The van der Waals surface area contributed by atoms with Gasteiger partial charge in [0.2, 0.25) is 0 Å². The molecule has 0 aliphatic carbocycles. The van der Waals surface area contributed by atoms with Gasteiger partial charge in [-0.2, -0.15) is 0 Å². The first kappa shape index (κ1) is 39.2. The Hall–Kier alpha value is -0.545. The summed E-state index contributed by atoms with van der Waals surface area (Å²) in [5.74, 6) is 1.72. The lowest BCUT2D eigenvalue weighted by atomic mass is 9.78. The standard InChI is InChI=1S/C29H50O10Si8/c1-29(2,25-13-17-27(18-14-25)30-21-11-23-46(9)36-42(5)32-40(3)33-43(6)37-46)26-15-19-28(20-16-26)31-22-12-24-47(10)38-44(7)34-41(4)35-45(8)39-47/h13-20H,11-12,21-24H2,1-10H3. The van der Waals surface area contributed by atoms with Crippen LogP contribution in [0.2, 0.25) is 64.5 Å². The molecule has 0 unspecified atom stereocenters. The molecule has 0 amide bonds. The zero-order valence-electron chi connectivity index (χ0n) is 29.4. The van der Waals surface area contributed by atoms with Crippen LogP contribution in [0.25, 0.3) is 0 Å². The first-order chi connectivity index (χ1) is 22.1. The highest BCUT2D eigenvalue weighted by molar-refractivity contribution is 6.82. The van der Waals surface area contributed by atoms with Crippen LogP contribution in [0.5, 0.6) is 11.5 Å². The van der Waals surface area contributed by atoms with Crippen LogP contribution in [0.1, 0.15) is 37.8 Å². The van der Waals surface area contributed by atoms with Crippen LogP contribution < -0.4 is 9.47 Å². The van der Waals surface area contributed by atoms with Gasteiger partial charge in [-0.25, -0.2) is 0 Å². The van der Waals surface area contributed by atoms with E-state index in [-0.39, 0.29) is 5.41 Å². The molecule has 0 spiro atoms. The molecule has 0 N–H and O–H groups in total. The Kier molecular flexibility index (Phi) is 14.7. The van der Waals surface area contributed by atoms with Crippen molar-refractivity contribution in [2.24, 2.45) is 0 Å². The molecule has 47 heavy (non-hydrogen) atoms. The van der Waals surface area contributed by atoms with E-state index in [1.807, 2.05) is 39.3 Å². The Morgan fingerprint density at radius 1 is 0.511 bits per heavy atom. The third-order valence-electron chi connectivity index (χ3n) is 7.83. The van der Waals surface area contributed by atoms with Crippen molar-refractivity contribution >= 4 is 72.8 Å². The van der Waals surface area contributed by atoms with Gasteiger partial charge in [-0.05, 0) is 113 Å². The summed E-state index contributed by atoms with van der Waals surface area (Å²) < 4.78 is 61.4. The molecule has 2 aliphatic rings. The van der Waals surface area contributed by atoms with Crippen molar-refractivity contribution in [1.29, 1.82) is 0 Å². The number of ether oxygens (including phenoxy) is 2. The number of hydrogen-bond acceptors (Lipinski definition) is 10. The summed E-state index contributed by atoms with van der Waals surface area (Å²) in [6.07, 6.45) is 1.71. The Labute approximate surface area is 294 Å². The lowest BCUT2D eigenvalue weighted by molar-refractivity contribution is 0.264. The lowest BCUT2D eigenvalue weighted by Crippen LogP contribution is -2.53. The van der Waals surface area contributed by atoms with Crippen molar-refractivity contribution in [3.05, 3.63) is 59.7 Å². The molecule has 6 radical (unpaired) electrons. The van der Waals surface area contributed by atoms with Gasteiger partial charge in [-0.1, -0.05) is 38.1 Å². The zero-order valence-corrected chi connectivity index (χ0v) is 37.4. The van der Waals surface area contributed by atoms with Gasteiger partial charge >= 0.3 is 72.8 Å². The molecule has 0 atom stereocenters. The Morgan fingerprint density at radius 2 is 0.809 bits per heavy atom. The maximum absolute atomic E-state index is 6.33. The monoisotopic (exact) mass is 782 g/mol. The quantitative estimate of drug-likeness (QED) is 0.174. The number of hydrogen-bond donors (Lipinski definition) is 0. The fourth-order valence-corrected chi connectivity index (χ4v) is 29.4. The van der Waals surface area contributed by atoms with Crippen molar-refractivity contribution in [2.75, 3.05) is 13.2 Å². The summed E-state index contributed by atoms with van der Waals surface area (Å²) in [6.45, 7) is 22.0. The second kappa shape index (κ2) is 17.6. The second-order valence-electron chi connectivity index (χ2n) is 12.6. The fraction of sp³-hybridized carbons (Fsp3) is 0.586. The Balaban J connectivity index is 1.22. The molecule has 2 fully saturated rings. The average Bonchev–Trinajstić information content (AvgIpc) is 2.96. The van der Waals surface area contributed by atoms with Crippen molar-refractivity contribution in [3.8, 4) is 11.5 Å². The smallest absolute Gasteiger partial charge is 0.362 e. The summed E-state index contributed by atoms with van der Waals surface area (Å²) in [7, 11) is -12.8. The molecule has 2 aromatic carbocycles. The van der Waals surface area contributed by atoms with Gasteiger partial charge in [0, 0.05) is 5.41 Å². The first-order valence-corrected chi connectivity index (χ1v) is 32.0. The average molecular weight is 783 g/mol. The van der Waals surface area contributed by atoms with Crippen LogP contribution >= 0.6 is 0 Å². The molecule has 2 heterocycles. The summed E-state index contributed by atoms with van der Waals surface area (Å²) >= 11 is 0. The van der Waals surface area contributed by atoms with Gasteiger partial charge in [0.25, 0.3) is 0 Å². The largest absolute Gasteiger partial charge is 0.494 e. The molecule has 2 saturated heterocycles. The second-order valence-corrected chi connectivity index (χ2v) is 30.6. The zero-order chi connectivity index (χ0) is 34.2. The lowest BCUT2D eigenvalue weighted by Gasteiger charge is -2.35. The van der Waals surface area contributed by atoms with E-state index in [2.05, 4.69) is 75.5 Å². The van der Waals surface area contributed by atoms with E-state index >= 15 is 0 Å². The molecular weight excluding hydrogens is 733 g/mol. The SMILES string of the molecule is C[Si]1O[Si](C)O[Si](C)(CCCOc2ccc(C(C)(C)c3ccc(OCCC[Si]4(C)O[Si](C)O[Si](C)O[Si](C)O4)cc3)cc2)O[Si](C)O1. The third-order valence-corrected chi connectivity index (χ3v) is 31.1. The van der Waals surface area contributed by atoms with Crippen molar-refractivity contribution in [1.82, 2.24) is 0 Å². The highest BCUT2D eigenvalue weighted by Gasteiger charge is 2.42. The maximum Gasteiger partial charge on any atom is 0.362 e. The summed E-state index contributed by atoms with van der Waals surface area (Å²) in [5, 5.41) is 0. The van der Waals surface area contributed by atoms with E-state index in [0.717, 1.165) is 36.4 Å². The normalized spacial score (nSPS) is 21.5. The van der Waals surface area contributed by atoms with Gasteiger partial charge < -0.3 is 42.4 Å². The first-order valence-electron chi connectivity index (χ1n) is 16.1. The van der Waals surface area contributed by atoms with Gasteiger partial charge in [0.1, 0.15) is 11.5 Å². The van der Waals surface area contributed by atoms with Crippen molar-refractivity contribution in [3.63, 3.8) is 0 Å². The van der Waals surface area contributed by atoms with Gasteiger partial charge in [0.05, 0.1) is 13.2 Å². The molecule has 10 nitrogen and oxygen atoms in total. The van der Waals surface area contributed by atoms with E-state index in [1.165, 1.54) is 11.1 Å². The minimum atomic E-state index is -2.36. The fourth-order valence-electron chi connectivity index (χ4n) is 5.67. The summed E-state index contributed by atoms with van der Waals surface area (Å²) in [6, 6.07) is 18.5. The van der Waals surface area contributed by atoms with Crippen LogP contribution in [0, 0.1) is 0 Å². The van der Waals surface area contributed by atoms with E-state index in [1.54, 1.807) is 0 Å². The predicted molar refractivity (Wildman–Crippen MR) is 196 cm³/mol. The molecule has 2 aliphatic heterocycles. The van der Waals surface area contributed by atoms with Crippen LogP contribution in [-0.2, 0) is 38.3 Å². The van der Waals surface area contributed by atoms with E-state index in [0.29, 0.717) is 13.2 Å².